The van der Waals surface area contributed by atoms with Crippen molar-refractivity contribution in [2.45, 2.75) is 25.1 Å². The van der Waals surface area contributed by atoms with Crippen LogP contribution in [0.1, 0.15) is 12.8 Å². The lowest BCUT2D eigenvalue weighted by atomic mass is 10.1. The molecule has 15 heavy (non-hydrogen) atoms. The average molecular weight is 239 g/mol. The predicted molar refractivity (Wildman–Crippen MR) is 60.1 cm³/mol. The van der Waals surface area contributed by atoms with E-state index in [1.807, 2.05) is 0 Å². The molecule has 0 saturated carbocycles. The first-order chi connectivity index (χ1) is 6.79. The third-order valence-electron chi connectivity index (χ3n) is 3.27. The van der Waals surface area contributed by atoms with Crippen molar-refractivity contribution in [2.75, 3.05) is 32.8 Å². The number of likely N-dealkylation sites (tertiary alicyclic amines) is 1. The lowest BCUT2D eigenvalue weighted by Gasteiger charge is -2.25. The highest BCUT2D eigenvalue weighted by atomic mass is 35.5. The summed E-state index contributed by atoms with van der Waals surface area (Å²) in [4.78, 5) is 2.20. The Labute approximate surface area is 96.5 Å². The lowest BCUT2D eigenvalue weighted by molar-refractivity contribution is 0.161. The SMILES string of the molecule is Cl.NC[C@@H]1C[C@H](F)CN1CC1CCOC1. The van der Waals surface area contributed by atoms with Gasteiger partial charge in [-0.05, 0) is 18.8 Å². The monoisotopic (exact) mass is 238 g/mol. The van der Waals surface area contributed by atoms with Crippen LogP contribution in [0.5, 0.6) is 0 Å². The topological polar surface area (TPSA) is 38.5 Å². The van der Waals surface area contributed by atoms with E-state index in [4.69, 9.17) is 10.5 Å². The van der Waals surface area contributed by atoms with E-state index in [2.05, 4.69) is 4.90 Å². The molecular formula is C10H20ClFN2O. The molecule has 0 aromatic rings. The molecule has 0 radical (unpaired) electrons. The van der Waals surface area contributed by atoms with Crippen LogP contribution in [0.25, 0.3) is 0 Å². The molecule has 1 unspecified atom stereocenters. The molecule has 5 heteroatoms. The summed E-state index contributed by atoms with van der Waals surface area (Å²) in [5.41, 5.74) is 5.62. The van der Waals surface area contributed by atoms with E-state index in [1.54, 1.807) is 0 Å². The molecule has 0 aromatic heterocycles. The number of ether oxygens (including phenoxy) is 1. The molecular weight excluding hydrogens is 219 g/mol. The van der Waals surface area contributed by atoms with Gasteiger partial charge in [-0.15, -0.1) is 12.4 Å². The summed E-state index contributed by atoms with van der Waals surface area (Å²) in [5.74, 6) is 0.592. The Balaban J connectivity index is 0.00000112. The molecule has 0 aromatic carbocycles. The quantitative estimate of drug-likeness (QED) is 0.791. The van der Waals surface area contributed by atoms with Crippen molar-refractivity contribution in [1.29, 1.82) is 0 Å². The molecule has 2 aliphatic heterocycles. The van der Waals surface area contributed by atoms with Crippen LogP contribution in [0.2, 0.25) is 0 Å². The summed E-state index contributed by atoms with van der Waals surface area (Å²) in [6.45, 7) is 3.81. The number of hydrogen-bond acceptors (Lipinski definition) is 3. The van der Waals surface area contributed by atoms with Gasteiger partial charge in [0.25, 0.3) is 0 Å². The second-order valence-electron chi connectivity index (χ2n) is 4.41. The molecule has 2 saturated heterocycles. The van der Waals surface area contributed by atoms with E-state index in [0.717, 1.165) is 26.2 Å². The highest BCUT2D eigenvalue weighted by molar-refractivity contribution is 5.85. The zero-order chi connectivity index (χ0) is 9.97. The van der Waals surface area contributed by atoms with Gasteiger partial charge in [-0.1, -0.05) is 0 Å². The van der Waals surface area contributed by atoms with Gasteiger partial charge in [-0.3, -0.25) is 4.90 Å². The molecule has 3 nitrogen and oxygen atoms in total. The maximum atomic E-state index is 13.2. The molecule has 0 spiro atoms. The largest absolute Gasteiger partial charge is 0.381 e. The van der Waals surface area contributed by atoms with Crippen molar-refractivity contribution in [3.05, 3.63) is 0 Å². The minimum atomic E-state index is -0.675. The van der Waals surface area contributed by atoms with E-state index >= 15 is 0 Å². The van der Waals surface area contributed by atoms with Crippen molar-refractivity contribution in [3.63, 3.8) is 0 Å². The predicted octanol–water partition coefficient (Wildman–Crippen LogP) is 0.816. The number of alkyl halides is 1. The number of nitrogens with two attached hydrogens (primary N) is 1. The molecule has 2 aliphatic rings. The van der Waals surface area contributed by atoms with Crippen LogP contribution < -0.4 is 5.73 Å². The van der Waals surface area contributed by atoms with Crippen LogP contribution >= 0.6 is 12.4 Å². The molecule has 2 N–H and O–H groups in total. The maximum absolute atomic E-state index is 13.2. The van der Waals surface area contributed by atoms with Gasteiger partial charge in [0, 0.05) is 32.3 Å². The number of halogens is 2. The fourth-order valence-electron chi connectivity index (χ4n) is 2.45. The number of nitrogens with zero attached hydrogens (tertiary/aromatic N) is 1. The first-order valence-electron chi connectivity index (χ1n) is 5.45. The summed E-state index contributed by atoms with van der Waals surface area (Å²) in [6.07, 6.45) is 1.06. The third-order valence-corrected chi connectivity index (χ3v) is 3.27. The van der Waals surface area contributed by atoms with E-state index in [9.17, 15) is 4.39 Å². The first kappa shape index (κ1) is 13.2. The van der Waals surface area contributed by atoms with Gasteiger partial charge in [0.1, 0.15) is 6.17 Å². The van der Waals surface area contributed by atoms with E-state index in [-0.39, 0.29) is 18.4 Å². The number of rotatable bonds is 3. The smallest absolute Gasteiger partial charge is 0.114 e. The molecule has 2 heterocycles. The fourth-order valence-corrected chi connectivity index (χ4v) is 2.45. The van der Waals surface area contributed by atoms with Gasteiger partial charge >= 0.3 is 0 Å². The zero-order valence-corrected chi connectivity index (χ0v) is 9.72. The van der Waals surface area contributed by atoms with Crippen molar-refractivity contribution in [3.8, 4) is 0 Å². The average Bonchev–Trinajstić information content (AvgIpc) is 2.76. The second-order valence-corrected chi connectivity index (χ2v) is 4.41. The van der Waals surface area contributed by atoms with Crippen molar-refractivity contribution in [1.82, 2.24) is 4.90 Å². The Morgan fingerprint density at radius 3 is 2.87 bits per heavy atom. The summed E-state index contributed by atoms with van der Waals surface area (Å²) >= 11 is 0. The van der Waals surface area contributed by atoms with Gasteiger partial charge in [0.15, 0.2) is 0 Å². The van der Waals surface area contributed by atoms with Crippen LogP contribution in [-0.2, 0) is 4.74 Å². The van der Waals surface area contributed by atoms with Gasteiger partial charge < -0.3 is 10.5 Å². The number of hydrogen-bond donors (Lipinski definition) is 1. The molecule has 0 bridgehead atoms. The third kappa shape index (κ3) is 3.28. The van der Waals surface area contributed by atoms with Crippen LogP contribution in [0.15, 0.2) is 0 Å². The molecule has 3 atom stereocenters. The van der Waals surface area contributed by atoms with E-state index in [1.165, 1.54) is 0 Å². The Morgan fingerprint density at radius 2 is 2.27 bits per heavy atom. The molecule has 0 amide bonds. The van der Waals surface area contributed by atoms with Gasteiger partial charge in [0.05, 0.1) is 6.61 Å². The van der Waals surface area contributed by atoms with Gasteiger partial charge in [-0.25, -0.2) is 4.39 Å². The summed E-state index contributed by atoms with van der Waals surface area (Å²) < 4.78 is 18.5. The fraction of sp³-hybridized carbons (Fsp3) is 1.00. The van der Waals surface area contributed by atoms with E-state index in [0.29, 0.717) is 25.4 Å². The Kier molecular flexibility index (Phi) is 5.26. The van der Waals surface area contributed by atoms with Crippen molar-refractivity contribution >= 4 is 12.4 Å². The minimum absolute atomic E-state index is 0. The van der Waals surface area contributed by atoms with Crippen LogP contribution in [-0.4, -0.2) is 50.0 Å². The Bertz CT molecular complexity index is 190. The summed E-state index contributed by atoms with van der Waals surface area (Å²) in [6, 6.07) is 0.255. The molecule has 90 valence electrons. The van der Waals surface area contributed by atoms with Crippen LogP contribution in [0, 0.1) is 5.92 Å². The highest BCUT2D eigenvalue weighted by Gasteiger charge is 2.33. The highest BCUT2D eigenvalue weighted by Crippen LogP contribution is 2.23. The molecule has 0 aliphatic carbocycles. The first-order valence-corrected chi connectivity index (χ1v) is 5.45. The maximum Gasteiger partial charge on any atom is 0.114 e. The lowest BCUT2D eigenvalue weighted by Crippen LogP contribution is -2.38. The standard InChI is InChI=1S/C10H19FN2O.ClH/c11-9-3-10(4-12)13(6-9)5-8-1-2-14-7-8;/h8-10H,1-7,12H2;1H/t8?,9-,10-;/m0./s1. The minimum Gasteiger partial charge on any atom is -0.381 e. The van der Waals surface area contributed by atoms with Gasteiger partial charge in [-0.2, -0.15) is 0 Å². The normalized spacial score (nSPS) is 36.8. The Hall–Kier alpha value is 0.1000. The van der Waals surface area contributed by atoms with Crippen molar-refractivity contribution < 1.29 is 9.13 Å². The molecule has 2 rings (SSSR count). The van der Waals surface area contributed by atoms with Crippen LogP contribution in [0.4, 0.5) is 4.39 Å². The van der Waals surface area contributed by atoms with Crippen LogP contribution in [0.3, 0.4) is 0 Å². The summed E-state index contributed by atoms with van der Waals surface area (Å²) in [5, 5.41) is 0. The van der Waals surface area contributed by atoms with E-state index < -0.39 is 6.17 Å². The van der Waals surface area contributed by atoms with Gasteiger partial charge in [0.2, 0.25) is 0 Å². The van der Waals surface area contributed by atoms with Crippen molar-refractivity contribution in [2.24, 2.45) is 11.7 Å². The zero-order valence-electron chi connectivity index (χ0n) is 8.90. The Morgan fingerprint density at radius 1 is 1.47 bits per heavy atom. The summed E-state index contributed by atoms with van der Waals surface area (Å²) in [7, 11) is 0. The second kappa shape index (κ2) is 5.99. The molecule has 2 fully saturated rings.